The number of nitrogens with two attached hydrogens (primary N) is 1. The van der Waals surface area contributed by atoms with Crippen LogP contribution in [0, 0.1) is 0 Å². The van der Waals surface area contributed by atoms with Crippen molar-refractivity contribution in [3.8, 4) is 0 Å². The summed E-state index contributed by atoms with van der Waals surface area (Å²) in [4.78, 5) is 44.0. The van der Waals surface area contributed by atoms with E-state index >= 15 is 0 Å². The number of piperidine rings is 1. The maximum Gasteiger partial charge on any atom is 0.418 e. The van der Waals surface area contributed by atoms with E-state index in [1.54, 1.807) is 9.63 Å². The first-order valence-corrected chi connectivity index (χ1v) is 17.6. The Morgan fingerprint density at radius 2 is 1.82 bits per heavy atom. The second kappa shape index (κ2) is 15.4. The van der Waals surface area contributed by atoms with Crippen LogP contribution >= 0.6 is 11.6 Å². The maximum atomic E-state index is 14.1. The van der Waals surface area contributed by atoms with Gasteiger partial charge in [0.1, 0.15) is 17.9 Å². The first-order chi connectivity index (χ1) is 24.4. The molecule has 6 rings (SSSR count). The van der Waals surface area contributed by atoms with E-state index < -0.39 is 23.3 Å². The van der Waals surface area contributed by atoms with Crippen LogP contribution in [-0.4, -0.2) is 89.3 Å². The van der Waals surface area contributed by atoms with Gasteiger partial charge in [-0.25, -0.2) is 9.78 Å². The molecular weight excluding hydrogens is 683 g/mol. The smallest absolute Gasteiger partial charge is 0.412 e. The first kappa shape index (κ1) is 36.3. The van der Waals surface area contributed by atoms with Gasteiger partial charge in [-0.2, -0.15) is 17.9 Å². The van der Waals surface area contributed by atoms with Gasteiger partial charge < -0.3 is 30.6 Å². The number of hydrogen-bond donors (Lipinski definition) is 2. The molecule has 2 aliphatic rings. The van der Waals surface area contributed by atoms with Crippen molar-refractivity contribution in [2.45, 2.75) is 56.7 Å². The normalized spacial score (nSPS) is 16.3. The zero-order chi connectivity index (χ0) is 36.3. The Balaban J connectivity index is 1.24. The van der Waals surface area contributed by atoms with Crippen molar-refractivity contribution in [2.24, 2.45) is 0 Å². The Bertz CT molecular complexity index is 1870. The van der Waals surface area contributed by atoms with Crippen LogP contribution < -0.4 is 15.9 Å². The topological polar surface area (TPSA) is 109 Å². The van der Waals surface area contributed by atoms with Gasteiger partial charge in [0.15, 0.2) is 0 Å². The van der Waals surface area contributed by atoms with Gasteiger partial charge in [-0.15, -0.1) is 0 Å². The molecular formula is C37H43ClF3N7O3. The van der Waals surface area contributed by atoms with Crippen LogP contribution in [0.2, 0.25) is 5.02 Å². The molecule has 4 aromatic rings. The Morgan fingerprint density at radius 3 is 2.57 bits per heavy atom. The van der Waals surface area contributed by atoms with Crippen molar-refractivity contribution in [3.63, 3.8) is 0 Å². The molecule has 51 heavy (non-hydrogen) atoms. The summed E-state index contributed by atoms with van der Waals surface area (Å²) < 4.78 is 43.5. The second-order valence-electron chi connectivity index (χ2n) is 13.5. The summed E-state index contributed by atoms with van der Waals surface area (Å²) in [6.45, 7) is 2.61. The van der Waals surface area contributed by atoms with Crippen LogP contribution in [0.15, 0.2) is 60.7 Å². The average molecular weight is 726 g/mol. The van der Waals surface area contributed by atoms with Crippen LogP contribution in [0.5, 0.6) is 0 Å². The molecule has 1 aromatic heterocycles. The quantitative estimate of drug-likeness (QED) is 0.136. The number of nitrogens with zero attached hydrogens (tertiary/aromatic N) is 5. The van der Waals surface area contributed by atoms with E-state index in [-0.39, 0.29) is 41.4 Å². The molecule has 0 spiro atoms. The van der Waals surface area contributed by atoms with Crippen molar-refractivity contribution >= 4 is 45.9 Å². The molecule has 0 radical (unpaired) electrons. The first-order valence-electron chi connectivity index (χ1n) is 17.2. The van der Waals surface area contributed by atoms with Crippen molar-refractivity contribution in [2.75, 3.05) is 57.9 Å². The second-order valence-corrected chi connectivity index (χ2v) is 13.9. The lowest BCUT2D eigenvalue weighted by atomic mass is 9.92. The Labute approximate surface area is 300 Å². The number of likely N-dealkylation sites (tertiary alicyclic amines) is 1. The van der Waals surface area contributed by atoms with Crippen molar-refractivity contribution in [1.29, 1.82) is 0 Å². The lowest BCUT2D eigenvalue weighted by molar-refractivity contribution is -0.137. The van der Waals surface area contributed by atoms with Gasteiger partial charge >= 0.3 is 12.2 Å². The summed E-state index contributed by atoms with van der Waals surface area (Å²) in [6, 6.07) is 17.4. The summed E-state index contributed by atoms with van der Waals surface area (Å²) >= 11 is 6.23. The highest BCUT2D eigenvalue weighted by Gasteiger charge is 2.36. The molecule has 10 nitrogen and oxygen atoms in total. The number of nitrogen functional groups attached to an aromatic ring is 1. The van der Waals surface area contributed by atoms with E-state index in [0.29, 0.717) is 55.9 Å². The molecule has 1 unspecified atom stereocenters. The molecule has 3 aromatic carbocycles. The average Bonchev–Trinajstić information content (AvgIpc) is 3.37. The summed E-state index contributed by atoms with van der Waals surface area (Å²) in [7, 11) is 3.94. The Hall–Kier alpha value is -4.49. The monoisotopic (exact) mass is 725 g/mol. The van der Waals surface area contributed by atoms with Crippen LogP contribution in [0.4, 0.5) is 29.3 Å². The van der Waals surface area contributed by atoms with Crippen LogP contribution in [0.1, 0.15) is 54.1 Å². The van der Waals surface area contributed by atoms with Crippen LogP contribution in [-0.2, 0) is 23.8 Å². The number of imidazole rings is 1. The van der Waals surface area contributed by atoms with E-state index in [1.165, 1.54) is 6.07 Å². The number of alkyl halides is 3. The number of aromatic nitrogens is 2. The van der Waals surface area contributed by atoms with E-state index in [4.69, 9.17) is 27.2 Å². The summed E-state index contributed by atoms with van der Waals surface area (Å²) in [5.74, 6) is -0.381. The fourth-order valence-corrected chi connectivity index (χ4v) is 7.26. The predicted octanol–water partition coefficient (Wildman–Crippen LogP) is 6.47. The minimum absolute atomic E-state index is 0.0299. The molecule has 14 heteroatoms. The summed E-state index contributed by atoms with van der Waals surface area (Å²) in [5.41, 5.74) is 7.70. The van der Waals surface area contributed by atoms with Gasteiger partial charge in [0, 0.05) is 50.2 Å². The zero-order valence-corrected chi connectivity index (χ0v) is 29.5. The number of fused-ring (bicyclic) bond motifs is 2. The van der Waals surface area contributed by atoms with E-state index in [2.05, 4.69) is 5.32 Å². The fraction of sp³-hybridized carbons (Fsp3) is 0.432. The maximum absolute atomic E-state index is 14.1. The third kappa shape index (κ3) is 8.36. The number of para-hydroxylation sites is 3. The van der Waals surface area contributed by atoms with Gasteiger partial charge in [-0.1, -0.05) is 41.9 Å². The molecule has 1 atom stereocenters. The summed E-state index contributed by atoms with van der Waals surface area (Å²) in [6.07, 6.45) is -2.04. The molecule has 0 bridgehead atoms. The molecule has 1 fully saturated rings. The number of amides is 3. The van der Waals surface area contributed by atoms with Crippen molar-refractivity contribution < 1.29 is 27.6 Å². The number of rotatable bonds is 11. The van der Waals surface area contributed by atoms with Gasteiger partial charge in [0.05, 0.1) is 21.8 Å². The van der Waals surface area contributed by atoms with E-state index in [9.17, 15) is 22.8 Å². The number of benzene rings is 3. The number of carbonyl (C=O) groups is 2. The predicted molar refractivity (Wildman–Crippen MR) is 192 cm³/mol. The highest BCUT2D eigenvalue weighted by atomic mass is 35.5. The minimum Gasteiger partial charge on any atom is -0.412 e. The third-order valence-electron chi connectivity index (χ3n) is 9.68. The zero-order valence-electron chi connectivity index (χ0n) is 28.8. The van der Waals surface area contributed by atoms with Crippen LogP contribution in [0.25, 0.3) is 11.0 Å². The lowest BCUT2D eigenvalue weighted by Gasteiger charge is -2.38. The molecule has 272 valence electrons. The Kier molecular flexibility index (Phi) is 11.0. The van der Waals surface area contributed by atoms with Crippen molar-refractivity contribution in [1.82, 2.24) is 24.4 Å². The Morgan fingerprint density at radius 1 is 1.10 bits per heavy atom. The van der Waals surface area contributed by atoms with Gasteiger partial charge in [0.25, 0.3) is 0 Å². The van der Waals surface area contributed by atoms with Gasteiger partial charge in [-0.3, -0.25) is 4.79 Å². The van der Waals surface area contributed by atoms with Crippen LogP contribution in [0.3, 0.4) is 0 Å². The van der Waals surface area contributed by atoms with E-state index in [0.717, 1.165) is 36.7 Å². The van der Waals surface area contributed by atoms with Crippen molar-refractivity contribution in [3.05, 3.63) is 88.2 Å². The molecule has 3 N–H and O–H groups in total. The third-order valence-corrected chi connectivity index (χ3v) is 9.99. The number of nitrogens with one attached hydrogen (secondary N) is 1. The van der Waals surface area contributed by atoms with E-state index in [1.807, 2.05) is 72.4 Å². The molecule has 3 amide bonds. The number of carbonyl (C=O) groups excluding carboxylic acids is 2. The summed E-state index contributed by atoms with van der Waals surface area (Å²) in [5, 5.41) is 2.82. The lowest BCUT2D eigenvalue weighted by Crippen LogP contribution is -2.50. The highest BCUT2D eigenvalue weighted by molar-refractivity contribution is 6.33. The molecule has 0 aliphatic carbocycles. The largest absolute Gasteiger partial charge is 0.418 e. The van der Waals surface area contributed by atoms with Gasteiger partial charge in [0.2, 0.25) is 5.91 Å². The molecule has 1 saturated heterocycles. The highest BCUT2D eigenvalue weighted by Crippen LogP contribution is 2.39. The number of hydrogen-bond acceptors (Lipinski definition) is 6. The molecule has 3 heterocycles. The molecule has 0 saturated carbocycles. The SMILES string of the molecule is CN(C)CCCOn1c(C(CC(=O)N2CCC(N3CCc4ccccc4NC3=O)CC2)Cc2cc(Cl)c(N)c(C(F)(F)F)c2)nc2ccccc21. The minimum atomic E-state index is -4.71. The fourth-order valence-electron chi connectivity index (χ4n) is 7.02. The number of anilines is 2. The number of halogens is 4. The number of urea groups is 1. The molecule has 2 aliphatic heterocycles. The standard InChI is InChI=1S/C37H43ClF3N7O3/c1-45(2)15-7-19-51-48-32-11-6-5-10-31(32)43-35(48)26(20-24-21-28(37(39,40)41)34(42)29(38)22-24)23-33(49)46-16-13-27(14-17-46)47-18-12-25-8-3-4-9-30(25)44-36(47)50/h3-6,8-11,21-22,26-27H,7,12-20,23,42H2,1-2H3,(H,44,50). The van der Waals surface area contributed by atoms with Gasteiger partial charge in [-0.05, 0) is 87.7 Å².